The molecule has 0 aromatic carbocycles. The third-order valence-electron chi connectivity index (χ3n) is 2.71. The number of rotatable bonds is 9. The number of hydrogen-bond donors (Lipinski definition) is 1. The Balaban J connectivity index is 2.56. The third-order valence-corrected chi connectivity index (χ3v) is 2.71. The first kappa shape index (κ1) is 14.9. The van der Waals surface area contributed by atoms with Gasteiger partial charge in [0.15, 0.2) is 0 Å². The molecular formula is C13H23N3O2. The molecule has 0 radical (unpaired) electrons. The van der Waals surface area contributed by atoms with E-state index in [1.54, 1.807) is 14.2 Å². The van der Waals surface area contributed by atoms with E-state index in [9.17, 15) is 0 Å². The molecule has 0 amide bonds. The molecule has 102 valence electrons. The Hall–Kier alpha value is -1.17. The lowest BCUT2D eigenvalue weighted by molar-refractivity contribution is 0.109. The molecule has 0 aliphatic carbocycles. The molecule has 1 N–H and O–H groups in total. The van der Waals surface area contributed by atoms with Gasteiger partial charge < -0.3 is 14.8 Å². The number of nitrogens with zero attached hydrogens (tertiary/aromatic N) is 2. The summed E-state index contributed by atoms with van der Waals surface area (Å²) in [7, 11) is 5.34. The fourth-order valence-corrected chi connectivity index (χ4v) is 1.66. The summed E-state index contributed by atoms with van der Waals surface area (Å²) in [5.41, 5.74) is 2.13. The van der Waals surface area contributed by atoms with Gasteiger partial charge in [-0.05, 0) is 12.1 Å². The molecule has 1 aromatic heterocycles. The average molecular weight is 253 g/mol. The van der Waals surface area contributed by atoms with Crippen molar-refractivity contribution in [1.82, 2.24) is 9.88 Å². The van der Waals surface area contributed by atoms with E-state index in [4.69, 9.17) is 9.47 Å². The van der Waals surface area contributed by atoms with E-state index < -0.39 is 0 Å². The molecule has 0 spiro atoms. The van der Waals surface area contributed by atoms with Gasteiger partial charge in [0.1, 0.15) is 0 Å². The zero-order valence-corrected chi connectivity index (χ0v) is 11.5. The van der Waals surface area contributed by atoms with Crippen LogP contribution in [0.4, 0.5) is 5.69 Å². The van der Waals surface area contributed by atoms with Crippen molar-refractivity contribution in [1.29, 1.82) is 0 Å². The first-order chi connectivity index (χ1) is 8.80. The maximum atomic E-state index is 5.12. The predicted molar refractivity (Wildman–Crippen MR) is 72.8 cm³/mol. The summed E-state index contributed by atoms with van der Waals surface area (Å²) in [6.07, 6.45) is 1.83. The van der Waals surface area contributed by atoms with Gasteiger partial charge in [0, 0.05) is 52.8 Å². The van der Waals surface area contributed by atoms with Gasteiger partial charge in [-0.3, -0.25) is 9.88 Å². The van der Waals surface area contributed by atoms with Crippen LogP contribution in [-0.2, 0) is 16.0 Å². The summed E-state index contributed by atoms with van der Waals surface area (Å²) in [6.45, 7) is 4.00. The highest BCUT2D eigenvalue weighted by atomic mass is 16.5. The fraction of sp³-hybridized carbons (Fsp3) is 0.615. The molecule has 0 fully saturated rings. The number of ether oxygens (including phenoxy) is 2. The van der Waals surface area contributed by atoms with E-state index in [1.807, 2.05) is 19.3 Å². The monoisotopic (exact) mass is 253 g/mol. The van der Waals surface area contributed by atoms with Gasteiger partial charge in [0.25, 0.3) is 0 Å². The van der Waals surface area contributed by atoms with E-state index in [-0.39, 0.29) is 0 Å². The van der Waals surface area contributed by atoms with Gasteiger partial charge in [-0.15, -0.1) is 0 Å². The van der Waals surface area contributed by atoms with Crippen LogP contribution in [0, 0.1) is 0 Å². The van der Waals surface area contributed by atoms with Crippen LogP contribution < -0.4 is 5.32 Å². The number of aromatic nitrogens is 1. The summed E-state index contributed by atoms with van der Waals surface area (Å²) >= 11 is 0. The summed E-state index contributed by atoms with van der Waals surface area (Å²) in [5, 5.41) is 3.12. The SMILES string of the molecule is CNc1ccnc(CN(CCOC)CCOC)c1. The molecule has 1 aromatic rings. The van der Waals surface area contributed by atoms with E-state index in [0.29, 0.717) is 0 Å². The Kier molecular flexibility index (Phi) is 7.32. The molecule has 5 nitrogen and oxygen atoms in total. The van der Waals surface area contributed by atoms with Crippen LogP contribution in [-0.4, -0.2) is 57.5 Å². The largest absolute Gasteiger partial charge is 0.388 e. The first-order valence-corrected chi connectivity index (χ1v) is 6.13. The van der Waals surface area contributed by atoms with Crippen LogP contribution in [0.3, 0.4) is 0 Å². The highest BCUT2D eigenvalue weighted by Crippen LogP contribution is 2.09. The molecule has 0 saturated heterocycles. The van der Waals surface area contributed by atoms with Crippen LogP contribution in [0.15, 0.2) is 18.3 Å². The van der Waals surface area contributed by atoms with Gasteiger partial charge >= 0.3 is 0 Å². The molecular weight excluding hydrogens is 230 g/mol. The molecule has 1 heterocycles. The minimum absolute atomic E-state index is 0.718. The third kappa shape index (κ3) is 5.44. The topological polar surface area (TPSA) is 46.6 Å². The molecule has 5 heteroatoms. The molecule has 1 rings (SSSR count). The number of pyridine rings is 1. The second-order valence-corrected chi connectivity index (χ2v) is 4.05. The van der Waals surface area contributed by atoms with Crippen molar-refractivity contribution in [2.45, 2.75) is 6.54 Å². The zero-order chi connectivity index (χ0) is 13.2. The van der Waals surface area contributed by atoms with Gasteiger partial charge in [-0.2, -0.15) is 0 Å². The van der Waals surface area contributed by atoms with Gasteiger partial charge in [-0.25, -0.2) is 0 Å². The second-order valence-electron chi connectivity index (χ2n) is 4.05. The lowest BCUT2D eigenvalue weighted by Gasteiger charge is -2.21. The normalized spacial score (nSPS) is 10.9. The lowest BCUT2D eigenvalue weighted by Crippen LogP contribution is -2.30. The van der Waals surface area contributed by atoms with Crippen molar-refractivity contribution in [2.24, 2.45) is 0 Å². The minimum Gasteiger partial charge on any atom is -0.388 e. The predicted octanol–water partition coefficient (Wildman–Crippen LogP) is 1.22. The lowest BCUT2D eigenvalue weighted by atomic mass is 10.3. The molecule has 0 atom stereocenters. The van der Waals surface area contributed by atoms with Gasteiger partial charge in [0.2, 0.25) is 0 Å². The van der Waals surface area contributed by atoms with Crippen molar-refractivity contribution >= 4 is 5.69 Å². The molecule has 0 aliphatic rings. The van der Waals surface area contributed by atoms with Crippen molar-refractivity contribution in [3.8, 4) is 0 Å². The van der Waals surface area contributed by atoms with Crippen molar-refractivity contribution in [3.05, 3.63) is 24.0 Å². The van der Waals surface area contributed by atoms with Gasteiger partial charge in [-0.1, -0.05) is 0 Å². The fourth-order valence-electron chi connectivity index (χ4n) is 1.66. The summed E-state index contributed by atoms with van der Waals surface area (Å²) < 4.78 is 10.2. The van der Waals surface area contributed by atoms with Gasteiger partial charge in [0.05, 0.1) is 18.9 Å². The molecule has 18 heavy (non-hydrogen) atoms. The standard InChI is InChI=1S/C13H23N3O2/c1-14-12-4-5-15-13(10-12)11-16(6-8-17-2)7-9-18-3/h4-5,10H,6-9,11H2,1-3H3,(H,14,15). The molecule has 0 saturated carbocycles. The minimum atomic E-state index is 0.718. The Bertz CT molecular complexity index is 326. The summed E-state index contributed by atoms with van der Waals surface area (Å²) in [6, 6.07) is 4.02. The van der Waals surface area contributed by atoms with Crippen molar-refractivity contribution < 1.29 is 9.47 Å². The maximum absolute atomic E-state index is 5.12. The Morgan fingerprint density at radius 1 is 1.22 bits per heavy atom. The quantitative estimate of drug-likeness (QED) is 0.717. The summed E-state index contributed by atoms with van der Waals surface area (Å²) in [4.78, 5) is 6.65. The highest BCUT2D eigenvalue weighted by molar-refractivity contribution is 5.42. The molecule has 0 bridgehead atoms. The smallest absolute Gasteiger partial charge is 0.0589 e. The van der Waals surface area contributed by atoms with Crippen molar-refractivity contribution in [2.75, 3.05) is 52.9 Å². The number of anilines is 1. The van der Waals surface area contributed by atoms with Crippen LogP contribution in [0.2, 0.25) is 0 Å². The van der Waals surface area contributed by atoms with Crippen LogP contribution in [0.1, 0.15) is 5.69 Å². The maximum Gasteiger partial charge on any atom is 0.0589 e. The van der Waals surface area contributed by atoms with Crippen LogP contribution >= 0.6 is 0 Å². The molecule has 0 unspecified atom stereocenters. The molecule has 0 aliphatic heterocycles. The van der Waals surface area contributed by atoms with E-state index >= 15 is 0 Å². The van der Waals surface area contributed by atoms with Crippen molar-refractivity contribution in [3.63, 3.8) is 0 Å². The Labute approximate surface area is 109 Å². The average Bonchev–Trinajstić information content (AvgIpc) is 2.42. The Morgan fingerprint density at radius 3 is 2.44 bits per heavy atom. The summed E-state index contributed by atoms with van der Waals surface area (Å²) in [5.74, 6) is 0. The highest BCUT2D eigenvalue weighted by Gasteiger charge is 2.07. The number of methoxy groups -OCH3 is 2. The Morgan fingerprint density at radius 2 is 1.89 bits per heavy atom. The van der Waals surface area contributed by atoms with E-state index in [2.05, 4.69) is 21.3 Å². The first-order valence-electron chi connectivity index (χ1n) is 6.13. The zero-order valence-electron chi connectivity index (χ0n) is 11.5. The number of hydrogen-bond acceptors (Lipinski definition) is 5. The van der Waals surface area contributed by atoms with Crippen LogP contribution in [0.25, 0.3) is 0 Å². The van der Waals surface area contributed by atoms with Crippen LogP contribution in [0.5, 0.6) is 0 Å². The van der Waals surface area contributed by atoms with E-state index in [1.165, 1.54) is 0 Å². The van der Waals surface area contributed by atoms with E-state index in [0.717, 1.165) is 44.2 Å². The number of nitrogens with one attached hydrogen (secondary N) is 1. The second kappa shape index (κ2) is 8.85.